The monoisotopic (exact) mass is 237 g/mol. The molecule has 1 amide bonds. The lowest BCUT2D eigenvalue weighted by Gasteiger charge is -2.08. The number of benzene rings is 2. The predicted molar refractivity (Wildman–Crippen MR) is 73.8 cm³/mol. The van der Waals surface area contributed by atoms with E-state index in [1.54, 1.807) is 6.20 Å². The van der Waals surface area contributed by atoms with Crippen molar-refractivity contribution in [2.24, 2.45) is 0 Å². The van der Waals surface area contributed by atoms with Crippen LogP contribution in [0.15, 0.2) is 66.9 Å². The molecule has 0 bridgehead atoms. The van der Waals surface area contributed by atoms with E-state index in [1.165, 1.54) is 6.92 Å². The number of amides is 1. The molecule has 0 atom stereocenters. The third-order valence-electron chi connectivity index (χ3n) is 2.59. The van der Waals surface area contributed by atoms with Crippen molar-refractivity contribution in [1.29, 1.82) is 0 Å². The number of nitrogens with one attached hydrogen (secondary N) is 1. The molecular formula is C16H15NO. The average Bonchev–Trinajstić information content (AvgIpc) is 2.41. The van der Waals surface area contributed by atoms with Crippen LogP contribution in [0.4, 0.5) is 0 Å². The number of carbonyl (C=O) groups is 1. The molecule has 0 aliphatic heterocycles. The van der Waals surface area contributed by atoms with Gasteiger partial charge in [0.2, 0.25) is 5.91 Å². The van der Waals surface area contributed by atoms with E-state index in [-0.39, 0.29) is 5.91 Å². The van der Waals surface area contributed by atoms with Gasteiger partial charge in [0, 0.05) is 18.7 Å². The minimum Gasteiger partial charge on any atom is -0.332 e. The molecule has 0 aliphatic rings. The highest BCUT2D eigenvalue weighted by Crippen LogP contribution is 2.22. The van der Waals surface area contributed by atoms with Gasteiger partial charge in [-0.25, -0.2) is 0 Å². The summed E-state index contributed by atoms with van der Waals surface area (Å²) in [6, 6.07) is 20.0. The quantitative estimate of drug-likeness (QED) is 0.872. The molecule has 0 aliphatic carbocycles. The zero-order valence-corrected chi connectivity index (χ0v) is 10.3. The van der Waals surface area contributed by atoms with Gasteiger partial charge >= 0.3 is 0 Å². The first kappa shape index (κ1) is 12.1. The molecule has 0 spiro atoms. The molecule has 2 aromatic rings. The summed E-state index contributed by atoms with van der Waals surface area (Å²) < 4.78 is 0. The molecule has 0 fully saturated rings. The lowest BCUT2D eigenvalue weighted by Crippen LogP contribution is -2.12. The van der Waals surface area contributed by atoms with Crippen molar-refractivity contribution in [1.82, 2.24) is 5.32 Å². The largest absolute Gasteiger partial charge is 0.332 e. The van der Waals surface area contributed by atoms with Gasteiger partial charge in [-0.1, -0.05) is 60.7 Å². The third-order valence-corrected chi connectivity index (χ3v) is 2.59. The summed E-state index contributed by atoms with van der Waals surface area (Å²) in [6.45, 7) is 1.50. The molecule has 2 heteroatoms. The second-order valence-electron chi connectivity index (χ2n) is 3.99. The topological polar surface area (TPSA) is 29.1 Å². The van der Waals surface area contributed by atoms with Gasteiger partial charge in [0.1, 0.15) is 0 Å². The van der Waals surface area contributed by atoms with E-state index < -0.39 is 0 Å². The van der Waals surface area contributed by atoms with Crippen LogP contribution in [-0.4, -0.2) is 5.91 Å². The number of carbonyl (C=O) groups excluding carboxylic acids is 1. The first-order valence-electron chi connectivity index (χ1n) is 5.85. The molecule has 18 heavy (non-hydrogen) atoms. The van der Waals surface area contributed by atoms with Crippen LogP contribution in [0.3, 0.4) is 0 Å². The van der Waals surface area contributed by atoms with Crippen LogP contribution in [-0.2, 0) is 4.79 Å². The molecule has 2 nitrogen and oxygen atoms in total. The Hall–Kier alpha value is -2.35. The van der Waals surface area contributed by atoms with Gasteiger partial charge in [-0.15, -0.1) is 0 Å². The predicted octanol–water partition coefficient (Wildman–Crippen LogP) is 3.21. The molecule has 90 valence electrons. The van der Waals surface area contributed by atoms with Crippen LogP contribution in [0.25, 0.3) is 5.57 Å². The van der Waals surface area contributed by atoms with E-state index in [4.69, 9.17) is 0 Å². The summed E-state index contributed by atoms with van der Waals surface area (Å²) in [5.74, 6) is -0.0700. The summed E-state index contributed by atoms with van der Waals surface area (Å²) in [6.07, 6.45) is 1.76. The van der Waals surface area contributed by atoms with Crippen LogP contribution in [0, 0.1) is 0 Å². The molecular weight excluding hydrogens is 222 g/mol. The SMILES string of the molecule is CC(=O)NC=C(c1ccccc1)c1ccccc1. The first-order chi connectivity index (χ1) is 8.77. The number of hydrogen-bond acceptors (Lipinski definition) is 1. The molecule has 0 radical (unpaired) electrons. The van der Waals surface area contributed by atoms with Crippen molar-refractivity contribution < 1.29 is 4.79 Å². The average molecular weight is 237 g/mol. The van der Waals surface area contributed by atoms with E-state index in [0.29, 0.717) is 0 Å². The summed E-state index contributed by atoms with van der Waals surface area (Å²) in [7, 11) is 0. The van der Waals surface area contributed by atoms with Crippen molar-refractivity contribution in [3.8, 4) is 0 Å². The minimum absolute atomic E-state index is 0.0700. The van der Waals surface area contributed by atoms with Crippen molar-refractivity contribution in [2.75, 3.05) is 0 Å². The van der Waals surface area contributed by atoms with Crippen LogP contribution in [0.2, 0.25) is 0 Å². The van der Waals surface area contributed by atoms with Crippen LogP contribution < -0.4 is 5.32 Å². The Morgan fingerprint density at radius 3 is 1.72 bits per heavy atom. The highest BCUT2D eigenvalue weighted by molar-refractivity contribution is 5.83. The van der Waals surface area contributed by atoms with E-state index in [2.05, 4.69) is 5.32 Å². The maximum Gasteiger partial charge on any atom is 0.220 e. The maximum absolute atomic E-state index is 11.1. The van der Waals surface area contributed by atoms with Gasteiger partial charge in [-0.3, -0.25) is 4.79 Å². The molecule has 0 heterocycles. The molecule has 0 aromatic heterocycles. The molecule has 0 saturated carbocycles. The Labute approximate surface area is 107 Å². The van der Waals surface area contributed by atoms with Gasteiger partial charge in [-0.05, 0) is 11.1 Å². The lowest BCUT2D eigenvalue weighted by atomic mass is 9.99. The zero-order chi connectivity index (χ0) is 12.8. The fraction of sp³-hybridized carbons (Fsp3) is 0.0625. The van der Waals surface area contributed by atoms with Gasteiger partial charge in [0.15, 0.2) is 0 Å². The van der Waals surface area contributed by atoms with Crippen molar-refractivity contribution in [3.63, 3.8) is 0 Å². The van der Waals surface area contributed by atoms with Crippen molar-refractivity contribution in [2.45, 2.75) is 6.92 Å². The van der Waals surface area contributed by atoms with E-state index >= 15 is 0 Å². The van der Waals surface area contributed by atoms with Crippen LogP contribution in [0.5, 0.6) is 0 Å². The molecule has 0 saturated heterocycles. The first-order valence-corrected chi connectivity index (χ1v) is 5.85. The van der Waals surface area contributed by atoms with Gasteiger partial charge in [0.25, 0.3) is 0 Å². The lowest BCUT2D eigenvalue weighted by molar-refractivity contribution is -0.118. The van der Waals surface area contributed by atoms with E-state index in [9.17, 15) is 4.79 Å². The van der Waals surface area contributed by atoms with E-state index in [1.807, 2.05) is 60.7 Å². The Balaban J connectivity index is 2.42. The third kappa shape index (κ3) is 3.08. The zero-order valence-electron chi connectivity index (χ0n) is 10.3. The maximum atomic E-state index is 11.1. The summed E-state index contributed by atoms with van der Waals surface area (Å²) in [5, 5.41) is 2.74. The number of rotatable bonds is 3. The van der Waals surface area contributed by atoms with Gasteiger partial charge in [-0.2, -0.15) is 0 Å². The van der Waals surface area contributed by atoms with Crippen molar-refractivity contribution >= 4 is 11.5 Å². The molecule has 2 aromatic carbocycles. The normalized spacial score (nSPS) is 9.61. The summed E-state index contributed by atoms with van der Waals surface area (Å²) in [5.41, 5.74) is 3.17. The molecule has 1 N–H and O–H groups in total. The summed E-state index contributed by atoms with van der Waals surface area (Å²) in [4.78, 5) is 11.1. The van der Waals surface area contributed by atoms with Crippen molar-refractivity contribution in [3.05, 3.63) is 78.0 Å². The summed E-state index contributed by atoms with van der Waals surface area (Å²) >= 11 is 0. The standard InChI is InChI=1S/C16H15NO/c1-13(18)17-12-16(14-8-4-2-5-9-14)15-10-6-3-7-11-15/h2-12H,1H3,(H,17,18). The highest BCUT2D eigenvalue weighted by Gasteiger charge is 2.04. The molecule has 2 rings (SSSR count). The number of hydrogen-bond donors (Lipinski definition) is 1. The second-order valence-corrected chi connectivity index (χ2v) is 3.99. The Morgan fingerprint density at radius 1 is 0.889 bits per heavy atom. The van der Waals surface area contributed by atoms with Gasteiger partial charge < -0.3 is 5.32 Å². The Bertz CT molecular complexity index is 502. The van der Waals surface area contributed by atoms with Gasteiger partial charge in [0.05, 0.1) is 0 Å². The fourth-order valence-corrected chi connectivity index (χ4v) is 1.74. The van der Waals surface area contributed by atoms with Crippen LogP contribution in [0.1, 0.15) is 18.1 Å². The Morgan fingerprint density at radius 2 is 1.33 bits per heavy atom. The second kappa shape index (κ2) is 5.82. The fourth-order valence-electron chi connectivity index (χ4n) is 1.74. The minimum atomic E-state index is -0.0700. The van der Waals surface area contributed by atoms with Crippen LogP contribution >= 0.6 is 0 Å². The highest BCUT2D eigenvalue weighted by atomic mass is 16.1. The molecule has 0 unspecified atom stereocenters. The Kier molecular flexibility index (Phi) is 3.92. The smallest absolute Gasteiger partial charge is 0.220 e. The van der Waals surface area contributed by atoms with E-state index in [0.717, 1.165) is 16.7 Å².